The second-order valence-electron chi connectivity index (χ2n) is 3.17. The minimum Gasteiger partial charge on any atom is -0.439 e. The van der Waals surface area contributed by atoms with Crippen LogP contribution in [-0.4, -0.2) is 16.2 Å². The molecular formula is C11H10ClN3OS. The molecule has 0 amide bonds. The van der Waals surface area contributed by atoms with Crippen LogP contribution in [0.1, 0.15) is 0 Å². The molecule has 0 aliphatic heterocycles. The van der Waals surface area contributed by atoms with Crippen molar-refractivity contribution in [2.45, 2.75) is 5.16 Å². The van der Waals surface area contributed by atoms with Crippen LogP contribution in [0.25, 0.3) is 0 Å². The van der Waals surface area contributed by atoms with Crippen molar-refractivity contribution in [3.8, 4) is 11.6 Å². The van der Waals surface area contributed by atoms with Crippen molar-refractivity contribution in [1.29, 1.82) is 0 Å². The summed E-state index contributed by atoms with van der Waals surface area (Å²) in [5.41, 5.74) is 5.65. The van der Waals surface area contributed by atoms with Gasteiger partial charge >= 0.3 is 0 Å². The van der Waals surface area contributed by atoms with Crippen LogP contribution in [0.15, 0.2) is 35.5 Å². The Bertz CT molecular complexity index is 519. The molecule has 0 atom stereocenters. The van der Waals surface area contributed by atoms with Crippen molar-refractivity contribution in [2.75, 3.05) is 12.0 Å². The predicted octanol–water partition coefficient (Wildman–Crippen LogP) is 3.23. The quantitative estimate of drug-likeness (QED) is 0.683. The summed E-state index contributed by atoms with van der Waals surface area (Å²) in [7, 11) is 0. The summed E-state index contributed by atoms with van der Waals surface area (Å²) in [6.45, 7) is 0. The second kappa shape index (κ2) is 5.25. The maximum Gasteiger partial charge on any atom is 0.225 e. The number of halogens is 1. The van der Waals surface area contributed by atoms with Gasteiger partial charge < -0.3 is 10.5 Å². The smallest absolute Gasteiger partial charge is 0.225 e. The number of anilines is 1. The number of hydrogen-bond donors (Lipinski definition) is 1. The molecule has 88 valence electrons. The van der Waals surface area contributed by atoms with Gasteiger partial charge in [0, 0.05) is 11.1 Å². The number of hydrogen-bond acceptors (Lipinski definition) is 5. The monoisotopic (exact) mass is 267 g/mol. The third-order valence-electron chi connectivity index (χ3n) is 1.92. The van der Waals surface area contributed by atoms with E-state index in [1.165, 1.54) is 11.8 Å². The molecule has 1 aromatic heterocycles. The zero-order valence-corrected chi connectivity index (χ0v) is 10.6. The summed E-state index contributed by atoms with van der Waals surface area (Å²) in [6, 6.07) is 8.60. The van der Waals surface area contributed by atoms with Crippen molar-refractivity contribution >= 4 is 29.2 Å². The summed E-state index contributed by atoms with van der Waals surface area (Å²) in [5.74, 6) is 1.46. The van der Waals surface area contributed by atoms with Crippen LogP contribution in [0, 0.1) is 0 Å². The number of nitrogens with zero attached hydrogens (tertiary/aromatic N) is 2. The van der Waals surface area contributed by atoms with E-state index in [-0.39, 0.29) is 0 Å². The van der Waals surface area contributed by atoms with Crippen molar-refractivity contribution in [3.63, 3.8) is 0 Å². The van der Waals surface area contributed by atoms with E-state index in [1.54, 1.807) is 30.3 Å². The highest BCUT2D eigenvalue weighted by molar-refractivity contribution is 7.98. The van der Waals surface area contributed by atoms with E-state index in [0.29, 0.717) is 27.6 Å². The zero-order valence-electron chi connectivity index (χ0n) is 9.05. The highest BCUT2D eigenvalue weighted by Crippen LogP contribution is 2.24. The summed E-state index contributed by atoms with van der Waals surface area (Å²) in [5, 5.41) is 1.23. The molecule has 0 radical (unpaired) electrons. The highest BCUT2D eigenvalue weighted by Gasteiger charge is 2.04. The molecule has 0 fully saturated rings. The van der Waals surface area contributed by atoms with Gasteiger partial charge in [-0.3, -0.25) is 0 Å². The lowest BCUT2D eigenvalue weighted by Crippen LogP contribution is -1.97. The molecule has 0 bridgehead atoms. The van der Waals surface area contributed by atoms with Gasteiger partial charge in [0.1, 0.15) is 11.6 Å². The molecule has 1 heterocycles. The van der Waals surface area contributed by atoms with E-state index in [0.717, 1.165) is 0 Å². The van der Waals surface area contributed by atoms with Crippen LogP contribution in [0.5, 0.6) is 11.6 Å². The largest absolute Gasteiger partial charge is 0.439 e. The Morgan fingerprint density at radius 1 is 1.24 bits per heavy atom. The zero-order chi connectivity index (χ0) is 12.3. The maximum atomic E-state index is 5.78. The van der Waals surface area contributed by atoms with E-state index >= 15 is 0 Å². The standard InChI is InChI=1S/C11H10ClN3OS/c1-17-11-14-9(13)6-10(15-11)16-8-4-2-7(12)3-5-8/h2-6H,1H3,(H2,13,14,15). The van der Waals surface area contributed by atoms with Gasteiger partial charge in [-0.05, 0) is 30.5 Å². The van der Waals surface area contributed by atoms with Crippen LogP contribution in [0.3, 0.4) is 0 Å². The Morgan fingerprint density at radius 2 is 1.94 bits per heavy atom. The lowest BCUT2D eigenvalue weighted by molar-refractivity contribution is 0.456. The van der Waals surface area contributed by atoms with Crippen molar-refractivity contribution in [2.24, 2.45) is 0 Å². The average molecular weight is 268 g/mol. The SMILES string of the molecule is CSc1nc(N)cc(Oc2ccc(Cl)cc2)n1. The van der Waals surface area contributed by atoms with E-state index < -0.39 is 0 Å². The molecule has 2 rings (SSSR count). The van der Waals surface area contributed by atoms with Gasteiger partial charge in [-0.1, -0.05) is 23.4 Å². The first-order chi connectivity index (χ1) is 8.17. The Kier molecular flexibility index (Phi) is 3.71. The molecule has 0 saturated carbocycles. The number of nitrogen functional groups attached to an aromatic ring is 1. The molecule has 2 N–H and O–H groups in total. The fourth-order valence-corrected chi connectivity index (χ4v) is 1.69. The summed E-state index contributed by atoms with van der Waals surface area (Å²) in [6.07, 6.45) is 1.88. The van der Waals surface area contributed by atoms with Crippen LogP contribution < -0.4 is 10.5 Å². The number of benzene rings is 1. The Hall–Kier alpha value is -1.46. The van der Waals surface area contributed by atoms with E-state index in [1.807, 2.05) is 6.26 Å². The molecule has 0 aliphatic carbocycles. The summed E-state index contributed by atoms with van der Waals surface area (Å²) in [4.78, 5) is 8.22. The van der Waals surface area contributed by atoms with Gasteiger partial charge in [0.15, 0.2) is 5.16 Å². The number of nitrogens with two attached hydrogens (primary N) is 1. The second-order valence-corrected chi connectivity index (χ2v) is 4.38. The lowest BCUT2D eigenvalue weighted by atomic mass is 10.3. The van der Waals surface area contributed by atoms with Crippen molar-refractivity contribution in [1.82, 2.24) is 9.97 Å². The first-order valence-corrected chi connectivity index (χ1v) is 6.39. The topological polar surface area (TPSA) is 61.0 Å². The summed E-state index contributed by atoms with van der Waals surface area (Å²) >= 11 is 7.19. The molecular weight excluding hydrogens is 258 g/mol. The first-order valence-electron chi connectivity index (χ1n) is 4.79. The molecule has 0 saturated heterocycles. The molecule has 0 unspecified atom stereocenters. The molecule has 6 heteroatoms. The van der Waals surface area contributed by atoms with Crippen LogP contribution in [-0.2, 0) is 0 Å². The number of aromatic nitrogens is 2. The molecule has 17 heavy (non-hydrogen) atoms. The Labute approximate surface area is 108 Å². The lowest BCUT2D eigenvalue weighted by Gasteiger charge is -2.06. The van der Waals surface area contributed by atoms with Crippen LogP contribution in [0.2, 0.25) is 5.02 Å². The van der Waals surface area contributed by atoms with E-state index in [9.17, 15) is 0 Å². The molecule has 4 nitrogen and oxygen atoms in total. The number of thioether (sulfide) groups is 1. The predicted molar refractivity (Wildman–Crippen MR) is 69.8 cm³/mol. The van der Waals surface area contributed by atoms with Gasteiger partial charge in [-0.25, -0.2) is 4.98 Å². The minimum atomic E-state index is 0.383. The third kappa shape index (κ3) is 3.25. The number of ether oxygens (including phenoxy) is 1. The Morgan fingerprint density at radius 3 is 2.59 bits per heavy atom. The molecule has 1 aromatic carbocycles. The van der Waals surface area contributed by atoms with Crippen molar-refractivity contribution < 1.29 is 4.74 Å². The normalized spacial score (nSPS) is 10.2. The van der Waals surface area contributed by atoms with Gasteiger partial charge in [0.25, 0.3) is 0 Å². The molecule has 0 aliphatic rings. The van der Waals surface area contributed by atoms with Crippen LogP contribution in [0.4, 0.5) is 5.82 Å². The highest BCUT2D eigenvalue weighted by atomic mass is 35.5. The Balaban J connectivity index is 2.23. The number of rotatable bonds is 3. The van der Waals surface area contributed by atoms with Crippen molar-refractivity contribution in [3.05, 3.63) is 35.4 Å². The third-order valence-corrected chi connectivity index (χ3v) is 2.72. The van der Waals surface area contributed by atoms with E-state index in [4.69, 9.17) is 22.1 Å². The average Bonchev–Trinajstić information content (AvgIpc) is 2.31. The van der Waals surface area contributed by atoms with Gasteiger partial charge in [-0.2, -0.15) is 4.98 Å². The van der Waals surface area contributed by atoms with Crippen LogP contribution >= 0.6 is 23.4 Å². The minimum absolute atomic E-state index is 0.383. The summed E-state index contributed by atoms with van der Waals surface area (Å²) < 4.78 is 5.55. The van der Waals surface area contributed by atoms with Gasteiger partial charge in [-0.15, -0.1) is 0 Å². The fraction of sp³-hybridized carbons (Fsp3) is 0.0909. The molecule has 0 spiro atoms. The fourth-order valence-electron chi connectivity index (χ4n) is 1.19. The van der Waals surface area contributed by atoms with Gasteiger partial charge in [0.2, 0.25) is 5.88 Å². The van der Waals surface area contributed by atoms with Gasteiger partial charge in [0.05, 0.1) is 0 Å². The van der Waals surface area contributed by atoms with E-state index in [2.05, 4.69) is 9.97 Å². The molecule has 2 aromatic rings. The maximum absolute atomic E-state index is 5.78. The first kappa shape index (κ1) is 12.0.